The molecule has 0 saturated heterocycles. The molecule has 0 amide bonds. The largest absolute Gasteiger partial charge is 0.294 e. The Balaban J connectivity index is 1.53. The Kier molecular flexibility index (Phi) is 4.19. The van der Waals surface area contributed by atoms with Gasteiger partial charge >= 0.3 is 0 Å². The van der Waals surface area contributed by atoms with Crippen LogP contribution in [0.5, 0.6) is 0 Å². The average Bonchev–Trinajstić information content (AvgIpc) is 2.84. The summed E-state index contributed by atoms with van der Waals surface area (Å²) >= 11 is 0. The van der Waals surface area contributed by atoms with E-state index in [1.54, 1.807) is 27.7 Å². The molecule has 4 nitrogen and oxygen atoms in total. The molecule has 174 valence electrons. The van der Waals surface area contributed by atoms with Gasteiger partial charge < -0.3 is 0 Å². The van der Waals surface area contributed by atoms with Crippen LogP contribution in [0.25, 0.3) is 11.1 Å². The van der Waals surface area contributed by atoms with Crippen molar-refractivity contribution in [1.82, 2.24) is 0 Å². The summed E-state index contributed by atoms with van der Waals surface area (Å²) in [6.07, 6.45) is 3.86. The molecule has 34 heavy (non-hydrogen) atoms. The zero-order chi connectivity index (χ0) is 25.2. The molecule has 0 saturated carbocycles. The molecule has 0 radical (unpaired) electrons. The van der Waals surface area contributed by atoms with Crippen molar-refractivity contribution in [2.75, 3.05) is 0 Å². The van der Waals surface area contributed by atoms with Gasteiger partial charge in [0, 0.05) is 0 Å². The highest BCUT2D eigenvalue weighted by Gasteiger charge is 2.66. The predicted octanol–water partition coefficient (Wildman–Crippen LogP) is 5.48. The van der Waals surface area contributed by atoms with Gasteiger partial charge in [-0.1, -0.05) is 36.4 Å². The molecule has 4 unspecified atom stereocenters. The Labute approximate surface area is 200 Å². The number of carbonyl (C=O) groups excluding carboxylic acids is 4. The predicted molar refractivity (Wildman–Crippen MR) is 132 cm³/mol. The van der Waals surface area contributed by atoms with E-state index >= 15 is 0 Å². The molecule has 0 fully saturated rings. The van der Waals surface area contributed by atoms with Gasteiger partial charge in [-0.3, -0.25) is 19.2 Å². The minimum Gasteiger partial charge on any atom is -0.294 e. The van der Waals surface area contributed by atoms with Crippen LogP contribution in [0.15, 0.2) is 58.7 Å². The van der Waals surface area contributed by atoms with Gasteiger partial charge in [-0.05, 0) is 100.0 Å². The van der Waals surface area contributed by atoms with E-state index in [9.17, 15) is 19.2 Å². The first kappa shape index (κ1) is 22.6. The monoisotopic (exact) mass is 454 g/mol. The lowest BCUT2D eigenvalue weighted by molar-refractivity contribution is -0.139. The highest BCUT2D eigenvalue weighted by Crippen LogP contribution is 2.65. The Morgan fingerprint density at radius 3 is 1.03 bits per heavy atom. The SMILES string of the molecule is CC1=C(C)C(=O)C2(C)C(c3ccc(C4=CC5(C)C(=O)C(C)=C(C)C(=O)C45C)cc3)=CC2(C)C1=O. The number of hydrogen-bond donors (Lipinski definition) is 0. The first-order valence-electron chi connectivity index (χ1n) is 11.8. The highest BCUT2D eigenvalue weighted by molar-refractivity contribution is 6.26. The quantitative estimate of drug-likeness (QED) is 0.593. The lowest BCUT2D eigenvalue weighted by Gasteiger charge is -2.55. The first-order valence-corrected chi connectivity index (χ1v) is 11.8. The van der Waals surface area contributed by atoms with Gasteiger partial charge in [-0.2, -0.15) is 0 Å². The average molecular weight is 455 g/mol. The molecule has 5 rings (SSSR count). The fraction of sp³-hybridized carbons (Fsp3) is 0.400. The van der Waals surface area contributed by atoms with Gasteiger partial charge in [-0.25, -0.2) is 0 Å². The molecule has 0 N–H and O–H groups in total. The third-order valence-electron chi connectivity index (χ3n) is 9.87. The molecule has 0 heterocycles. The summed E-state index contributed by atoms with van der Waals surface area (Å²) in [6.45, 7) is 14.4. The molecule has 4 atom stereocenters. The van der Waals surface area contributed by atoms with E-state index in [1.807, 2.05) is 64.1 Å². The second kappa shape index (κ2) is 6.29. The summed E-state index contributed by atoms with van der Waals surface area (Å²) in [5, 5.41) is 0. The number of allylic oxidation sites excluding steroid dienone is 8. The summed E-state index contributed by atoms with van der Waals surface area (Å²) < 4.78 is 0. The normalized spacial score (nSPS) is 37.1. The van der Waals surface area contributed by atoms with Crippen LogP contribution in [0.4, 0.5) is 0 Å². The van der Waals surface area contributed by atoms with Crippen LogP contribution in [-0.4, -0.2) is 23.1 Å². The first-order chi connectivity index (χ1) is 15.7. The molecular weight excluding hydrogens is 424 g/mol. The molecule has 4 heteroatoms. The maximum Gasteiger partial charge on any atom is 0.170 e. The fourth-order valence-corrected chi connectivity index (χ4v) is 6.64. The number of benzene rings is 1. The number of carbonyl (C=O) groups is 4. The van der Waals surface area contributed by atoms with Crippen LogP contribution >= 0.6 is 0 Å². The zero-order valence-corrected chi connectivity index (χ0v) is 21.1. The van der Waals surface area contributed by atoms with Crippen LogP contribution in [0, 0.1) is 21.7 Å². The number of rotatable bonds is 2. The molecule has 0 aliphatic heterocycles. The maximum atomic E-state index is 13.3. The lowest BCUT2D eigenvalue weighted by Crippen LogP contribution is -2.58. The fourth-order valence-electron chi connectivity index (χ4n) is 6.64. The van der Waals surface area contributed by atoms with Crippen molar-refractivity contribution in [2.24, 2.45) is 21.7 Å². The number of fused-ring (bicyclic) bond motifs is 2. The van der Waals surface area contributed by atoms with Crippen LogP contribution in [-0.2, 0) is 19.2 Å². The van der Waals surface area contributed by atoms with Gasteiger partial charge in [0.2, 0.25) is 0 Å². The zero-order valence-electron chi connectivity index (χ0n) is 21.1. The van der Waals surface area contributed by atoms with E-state index in [2.05, 4.69) is 0 Å². The Bertz CT molecular complexity index is 1290. The molecule has 1 aromatic carbocycles. The third-order valence-corrected chi connectivity index (χ3v) is 9.87. The second-order valence-electron chi connectivity index (χ2n) is 11.2. The van der Waals surface area contributed by atoms with Gasteiger partial charge in [0.05, 0.1) is 21.7 Å². The standard InChI is InChI=1S/C30H30O4/c1-15-17(3)25(33)29(7)21(13-27(29,5)23(15)31)19-9-11-20(12-10-19)22-14-28(6)24(32)16(2)18(4)26(34)30(22,28)8/h9-14H,1-8H3. The summed E-state index contributed by atoms with van der Waals surface area (Å²) in [6, 6.07) is 7.81. The van der Waals surface area contributed by atoms with Gasteiger partial charge in [-0.15, -0.1) is 0 Å². The summed E-state index contributed by atoms with van der Waals surface area (Å²) in [7, 11) is 0. The van der Waals surface area contributed by atoms with Gasteiger partial charge in [0.1, 0.15) is 0 Å². The second-order valence-corrected chi connectivity index (χ2v) is 11.2. The molecular formula is C30H30O4. The molecule has 0 bridgehead atoms. The Hall–Kier alpha value is -3.14. The van der Waals surface area contributed by atoms with Crippen molar-refractivity contribution in [3.8, 4) is 0 Å². The minimum atomic E-state index is -0.888. The van der Waals surface area contributed by atoms with Crippen molar-refractivity contribution in [3.63, 3.8) is 0 Å². The number of Topliss-reactive ketones (excluding diaryl/α,β-unsaturated/α-hetero) is 4. The molecule has 0 spiro atoms. The van der Waals surface area contributed by atoms with Crippen LogP contribution in [0.2, 0.25) is 0 Å². The van der Waals surface area contributed by atoms with E-state index < -0.39 is 21.7 Å². The van der Waals surface area contributed by atoms with E-state index in [-0.39, 0.29) is 23.1 Å². The number of ketones is 4. The van der Waals surface area contributed by atoms with Crippen molar-refractivity contribution in [3.05, 3.63) is 69.8 Å². The van der Waals surface area contributed by atoms with E-state index in [4.69, 9.17) is 0 Å². The van der Waals surface area contributed by atoms with Gasteiger partial charge in [0.25, 0.3) is 0 Å². The van der Waals surface area contributed by atoms with Crippen LogP contribution < -0.4 is 0 Å². The third kappa shape index (κ3) is 2.12. The Morgan fingerprint density at radius 2 is 0.735 bits per heavy atom. The minimum absolute atomic E-state index is 0.00241. The van der Waals surface area contributed by atoms with Crippen molar-refractivity contribution in [2.45, 2.75) is 55.4 Å². The van der Waals surface area contributed by atoms with E-state index in [0.29, 0.717) is 22.3 Å². The van der Waals surface area contributed by atoms with Crippen LogP contribution in [0.3, 0.4) is 0 Å². The highest BCUT2D eigenvalue weighted by atomic mass is 16.2. The van der Waals surface area contributed by atoms with Crippen molar-refractivity contribution in [1.29, 1.82) is 0 Å². The number of hydrogen-bond acceptors (Lipinski definition) is 4. The molecule has 0 aromatic heterocycles. The lowest BCUT2D eigenvalue weighted by atomic mass is 9.44. The molecule has 1 aromatic rings. The summed E-state index contributed by atoms with van der Waals surface area (Å²) in [4.78, 5) is 52.7. The summed E-state index contributed by atoms with van der Waals surface area (Å²) in [5.41, 5.74) is 2.26. The maximum absolute atomic E-state index is 13.3. The Morgan fingerprint density at radius 1 is 0.471 bits per heavy atom. The molecule has 4 aliphatic rings. The van der Waals surface area contributed by atoms with Crippen molar-refractivity contribution >= 4 is 34.3 Å². The van der Waals surface area contributed by atoms with Crippen LogP contribution in [0.1, 0.15) is 66.5 Å². The topological polar surface area (TPSA) is 68.3 Å². The molecule has 4 aliphatic carbocycles. The smallest absolute Gasteiger partial charge is 0.170 e. The van der Waals surface area contributed by atoms with E-state index in [0.717, 1.165) is 22.3 Å². The summed E-state index contributed by atoms with van der Waals surface area (Å²) in [5.74, 6) is 0.0298. The van der Waals surface area contributed by atoms with Gasteiger partial charge in [0.15, 0.2) is 23.1 Å². The van der Waals surface area contributed by atoms with Crippen molar-refractivity contribution < 1.29 is 19.2 Å². The van der Waals surface area contributed by atoms with E-state index in [1.165, 1.54) is 0 Å².